The van der Waals surface area contributed by atoms with Gasteiger partial charge in [0.1, 0.15) is 0 Å². The predicted molar refractivity (Wildman–Crippen MR) is 108 cm³/mol. The minimum Gasteiger partial charge on any atom is -0.548 e. The number of hydrogen-bond donors (Lipinski definition) is 6. The van der Waals surface area contributed by atoms with E-state index >= 15 is 0 Å². The molecular weight excluding hydrogens is 448 g/mol. The number of unbranched alkanes of at least 4 members (excludes halogenated alkanes) is 3. The summed E-state index contributed by atoms with van der Waals surface area (Å²) in [6.45, 7) is 1.75. The van der Waals surface area contributed by atoms with Crippen LogP contribution in [-0.4, -0.2) is 55.7 Å². The quantitative estimate of drug-likeness (QED) is 0.118. The Morgan fingerprint density at radius 1 is 0.516 bits per heavy atom. The number of aliphatic carboxylic acids is 3. The van der Waals surface area contributed by atoms with Crippen LogP contribution in [0.5, 0.6) is 0 Å². The summed E-state index contributed by atoms with van der Waals surface area (Å²) in [6.07, 6.45) is 6.10. The molecule has 0 aliphatic carbocycles. The van der Waals surface area contributed by atoms with Crippen molar-refractivity contribution in [3.05, 3.63) is 0 Å². The maximum absolute atomic E-state index is 10.0. The molecule has 13 heteroatoms. The summed E-state index contributed by atoms with van der Waals surface area (Å²) in [5.74, 6) is -3.55. The van der Waals surface area contributed by atoms with Gasteiger partial charge >= 0.3 is 17.4 Å². The molecule has 0 amide bonds. The topological polar surface area (TPSA) is 277 Å². The summed E-state index contributed by atoms with van der Waals surface area (Å²) in [5.41, 5.74) is 31.0. The van der Waals surface area contributed by atoms with Gasteiger partial charge in [-0.2, -0.15) is 0 Å². The molecule has 0 saturated heterocycles. The molecule has 0 aromatic heterocycles. The Morgan fingerprint density at radius 3 is 0.839 bits per heavy atom. The van der Waals surface area contributed by atoms with E-state index in [1.807, 2.05) is 0 Å². The third-order valence-electron chi connectivity index (χ3n) is 3.82. The van der Waals surface area contributed by atoms with E-state index in [1.165, 1.54) is 0 Å². The number of nitrogens with two attached hydrogens (primary N) is 6. The second-order valence-electron chi connectivity index (χ2n) is 6.63. The molecule has 12 N–H and O–H groups in total. The van der Waals surface area contributed by atoms with Crippen LogP contribution in [-0.2, 0) is 31.7 Å². The van der Waals surface area contributed by atoms with E-state index < -0.39 is 36.0 Å². The van der Waals surface area contributed by atoms with Gasteiger partial charge in [0, 0.05) is 18.1 Å². The molecule has 0 spiro atoms. The van der Waals surface area contributed by atoms with Gasteiger partial charge in [-0.25, -0.2) is 0 Å². The summed E-state index contributed by atoms with van der Waals surface area (Å²) >= 11 is 0. The zero-order chi connectivity index (χ0) is 23.9. The average molecular weight is 488 g/mol. The van der Waals surface area contributed by atoms with Crippen molar-refractivity contribution in [2.24, 2.45) is 34.4 Å². The van der Waals surface area contributed by atoms with Crippen molar-refractivity contribution in [3.8, 4) is 0 Å². The number of carbonyl (C=O) groups is 3. The first-order chi connectivity index (χ1) is 14.0. The van der Waals surface area contributed by atoms with Crippen LogP contribution >= 0.6 is 0 Å². The zero-order valence-corrected chi connectivity index (χ0v) is 19.3. The van der Waals surface area contributed by atoms with Gasteiger partial charge < -0.3 is 64.1 Å². The number of carboxylic acid groups (broad SMARTS) is 3. The largest absolute Gasteiger partial charge is 3.00 e. The SMILES string of the molecule is NCCCCC(N)C(=O)[O-].NCCCCC(N)C(=O)[O-].NCCCCC(N)C(=O)[O-].[Cr+3]. The Morgan fingerprint density at radius 2 is 0.710 bits per heavy atom. The fourth-order valence-corrected chi connectivity index (χ4v) is 1.88. The van der Waals surface area contributed by atoms with E-state index in [2.05, 4.69) is 0 Å². The van der Waals surface area contributed by atoms with Gasteiger partial charge in [-0.15, -0.1) is 0 Å². The van der Waals surface area contributed by atoms with E-state index in [-0.39, 0.29) is 17.4 Å². The Balaban J connectivity index is -0.000000174. The Bertz CT molecular complexity index is 386. The Labute approximate surface area is 195 Å². The van der Waals surface area contributed by atoms with Crippen LogP contribution in [0.1, 0.15) is 57.8 Å². The monoisotopic (exact) mass is 487 g/mol. The maximum atomic E-state index is 10.0. The van der Waals surface area contributed by atoms with Crippen LogP contribution in [0, 0.1) is 0 Å². The van der Waals surface area contributed by atoms with E-state index in [0.717, 1.165) is 38.5 Å². The fourth-order valence-electron chi connectivity index (χ4n) is 1.88. The molecule has 0 bridgehead atoms. The molecule has 0 aliphatic heterocycles. The minimum absolute atomic E-state index is 0. The van der Waals surface area contributed by atoms with Gasteiger partial charge in [-0.05, 0) is 58.2 Å². The molecular formula is C18H39CrN6O6. The molecule has 0 aromatic rings. The maximum Gasteiger partial charge on any atom is 3.00 e. The van der Waals surface area contributed by atoms with Gasteiger partial charge in [0.25, 0.3) is 0 Å². The molecule has 0 aliphatic rings. The molecule has 1 radical (unpaired) electrons. The van der Waals surface area contributed by atoms with Crippen molar-refractivity contribution >= 4 is 17.9 Å². The first-order valence-electron chi connectivity index (χ1n) is 10.0. The fraction of sp³-hybridized carbons (Fsp3) is 0.833. The van der Waals surface area contributed by atoms with Crippen molar-refractivity contribution in [1.82, 2.24) is 0 Å². The van der Waals surface area contributed by atoms with Gasteiger partial charge in [0.2, 0.25) is 0 Å². The molecule has 3 atom stereocenters. The molecule has 3 unspecified atom stereocenters. The molecule has 12 nitrogen and oxygen atoms in total. The standard InChI is InChI=1S/3C6H14N2O2.Cr/c3*7-4-2-1-3-5(8)6(9)10;/h3*5H,1-4,7-8H2,(H,9,10);/q;;;+3/p-3. The van der Waals surface area contributed by atoms with Crippen LogP contribution in [0.4, 0.5) is 0 Å². The van der Waals surface area contributed by atoms with Crippen molar-refractivity contribution in [2.45, 2.75) is 75.9 Å². The molecule has 0 heterocycles. The van der Waals surface area contributed by atoms with Crippen LogP contribution in [0.3, 0.4) is 0 Å². The Kier molecular flexibility index (Phi) is 31.9. The summed E-state index contributed by atoms with van der Waals surface area (Å²) in [6, 6.07) is -2.48. The van der Waals surface area contributed by atoms with Crippen LogP contribution in [0.2, 0.25) is 0 Å². The van der Waals surface area contributed by atoms with Gasteiger partial charge in [-0.3, -0.25) is 0 Å². The van der Waals surface area contributed by atoms with Crippen LogP contribution in [0.15, 0.2) is 0 Å². The van der Waals surface area contributed by atoms with Crippen molar-refractivity contribution in [1.29, 1.82) is 0 Å². The first kappa shape index (κ1) is 37.0. The smallest absolute Gasteiger partial charge is 0.548 e. The van der Waals surface area contributed by atoms with Crippen molar-refractivity contribution < 1.29 is 47.1 Å². The number of rotatable bonds is 15. The summed E-state index contributed by atoms with van der Waals surface area (Å²) < 4.78 is 0. The molecule has 183 valence electrons. The van der Waals surface area contributed by atoms with Crippen LogP contribution in [0.25, 0.3) is 0 Å². The predicted octanol–water partition coefficient (Wildman–Crippen LogP) is -5.42. The number of hydrogen-bond acceptors (Lipinski definition) is 12. The minimum atomic E-state index is -1.18. The van der Waals surface area contributed by atoms with E-state index in [1.54, 1.807) is 0 Å². The van der Waals surface area contributed by atoms with E-state index in [4.69, 9.17) is 34.4 Å². The van der Waals surface area contributed by atoms with Gasteiger partial charge in [0.05, 0.1) is 17.9 Å². The number of carbonyl (C=O) groups excluding carboxylic acids is 3. The summed E-state index contributed by atoms with van der Waals surface area (Å²) in [7, 11) is 0. The second-order valence-corrected chi connectivity index (χ2v) is 6.63. The van der Waals surface area contributed by atoms with Gasteiger partial charge in [-0.1, -0.05) is 19.3 Å². The molecule has 0 fully saturated rings. The average Bonchev–Trinajstić information content (AvgIpc) is 2.69. The third kappa shape index (κ3) is 31.0. The number of carboxylic acids is 3. The summed E-state index contributed by atoms with van der Waals surface area (Å²) in [4.78, 5) is 30.1. The van der Waals surface area contributed by atoms with Crippen molar-refractivity contribution in [3.63, 3.8) is 0 Å². The summed E-state index contributed by atoms with van der Waals surface area (Å²) in [5, 5.41) is 30.1. The first-order valence-corrected chi connectivity index (χ1v) is 10.0. The normalized spacial score (nSPS) is 12.6. The second kappa shape index (κ2) is 26.7. The Hall–Kier alpha value is -1.30. The third-order valence-corrected chi connectivity index (χ3v) is 3.82. The molecule has 0 saturated carbocycles. The van der Waals surface area contributed by atoms with E-state index in [9.17, 15) is 29.7 Å². The van der Waals surface area contributed by atoms with Gasteiger partial charge in [0.15, 0.2) is 0 Å². The van der Waals surface area contributed by atoms with Crippen molar-refractivity contribution in [2.75, 3.05) is 19.6 Å². The zero-order valence-electron chi connectivity index (χ0n) is 18.0. The molecule has 0 aromatic carbocycles. The molecule has 0 rings (SSSR count). The molecule has 31 heavy (non-hydrogen) atoms. The van der Waals surface area contributed by atoms with Crippen LogP contribution < -0.4 is 49.7 Å². The van der Waals surface area contributed by atoms with E-state index in [0.29, 0.717) is 38.9 Å².